The molecular weight excluding hydrogens is 356 g/mol. The van der Waals surface area contributed by atoms with E-state index in [9.17, 15) is 5.26 Å². The molecule has 1 aromatic carbocycles. The van der Waals surface area contributed by atoms with E-state index in [0.29, 0.717) is 11.4 Å². The van der Waals surface area contributed by atoms with Crippen LogP contribution in [0.4, 0.5) is 5.69 Å². The second kappa shape index (κ2) is 7.52. The maximum atomic E-state index is 9.22. The number of hydrogen-bond acceptors (Lipinski definition) is 2. The maximum Gasteiger partial charge on any atom is 0.209 e. The average Bonchev–Trinajstić information content (AvgIpc) is 3.04. The number of nitrogens with one attached hydrogen (secondary N) is 2. The van der Waals surface area contributed by atoms with Gasteiger partial charge in [-0.15, -0.1) is 0 Å². The van der Waals surface area contributed by atoms with Crippen LogP contribution < -0.4 is 10.6 Å². The molecule has 0 spiro atoms. The third-order valence-corrected chi connectivity index (χ3v) is 7.65. The molecule has 154 valence electrons. The van der Waals surface area contributed by atoms with Crippen molar-refractivity contribution in [3.05, 3.63) is 41.5 Å². The molecule has 2 unspecified atom stereocenters. The van der Waals surface area contributed by atoms with Crippen molar-refractivity contribution >= 4 is 11.6 Å². The Labute approximate surface area is 175 Å². The van der Waals surface area contributed by atoms with Gasteiger partial charge in [0, 0.05) is 17.6 Å². The molecule has 0 aromatic heterocycles. The summed E-state index contributed by atoms with van der Waals surface area (Å²) in [4.78, 5) is 4.87. The van der Waals surface area contributed by atoms with Crippen molar-refractivity contribution in [3.8, 4) is 6.19 Å². The minimum Gasteiger partial charge on any atom is -0.326 e. The summed E-state index contributed by atoms with van der Waals surface area (Å²) in [6.45, 7) is 9.51. The fourth-order valence-electron chi connectivity index (χ4n) is 6.73. The first-order chi connectivity index (χ1) is 13.8. The Kier molecular flexibility index (Phi) is 5.19. The molecule has 4 aliphatic rings. The molecule has 0 heterocycles. The van der Waals surface area contributed by atoms with Crippen molar-refractivity contribution in [1.29, 1.82) is 5.26 Å². The number of aryl methyl sites for hydroxylation is 1. The first-order valence-corrected chi connectivity index (χ1v) is 11.1. The van der Waals surface area contributed by atoms with Gasteiger partial charge in [-0.1, -0.05) is 32.1 Å². The summed E-state index contributed by atoms with van der Waals surface area (Å²) in [6.07, 6.45) is 13.3. The lowest BCUT2D eigenvalue weighted by Gasteiger charge is -2.31. The highest BCUT2D eigenvalue weighted by atomic mass is 15.2. The Hall–Kier alpha value is -2.28. The zero-order valence-corrected chi connectivity index (χ0v) is 18.3. The third kappa shape index (κ3) is 3.80. The Morgan fingerprint density at radius 3 is 2.62 bits per heavy atom. The van der Waals surface area contributed by atoms with Gasteiger partial charge in [-0.25, -0.2) is 0 Å². The minimum absolute atomic E-state index is 0.000845. The number of hydrogen-bond donors (Lipinski definition) is 2. The predicted octanol–water partition coefficient (Wildman–Crippen LogP) is 5.51. The Bertz CT molecular complexity index is 859. The zero-order chi connectivity index (χ0) is 20.6. The summed E-state index contributed by atoms with van der Waals surface area (Å²) in [5.74, 6) is 3.29. The second-order valence-electron chi connectivity index (χ2n) is 10.2. The Morgan fingerprint density at radius 2 is 2.00 bits per heavy atom. The number of nitriles is 1. The molecule has 0 amide bonds. The molecule has 29 heavy (non-hydrogen) atoms. The SMILES string of the molecule is C/C=C/C(C)(C)c1ccc(NC(=NCC23CC4CC(CC2C4)C3)NC#N)cc1C. The largest absolute Gasteiger partial charge is 0.326 e. The molecule has 4 aliphatic carbocycles. The number of benzene rings is 1. The van der Waals surface area contributed by atoms with Gasteiger partial charge in [0.2, 0.25) is 5.96 Å². The van der Waals surface area contributed by atoms with Gasteiger partial charge in [-0.3, -0.25) is 10.3 Å². The number of anilines is 1. The summed E-state index contributed by atoms with van der Waals surface area (Å²) >= 11 is 0. The average molecular weight is 391 g/mol. The van der Waals surface area contributed by atoms with Crippen LogP contribution in [0.3, 0.4) is 0 Å². The lowest BCUT2D eigenvalue weighted by Crippen LogP contribution is -2.31. The summed E-state index contributed by atoms with van der Waals surface area (Å²) in [7, 11) is 0. The molecule has 0 aliphatic heterocycles. The Balaban J connectivity index is 1.50. The standard InChI is InChI=1S/C25H34N4/c1-5-8-24(3,4)22-7-6-21(9-17(22)2)29-23(28-16-26)27-15-25-13-18-10-19(14-25)12-20(25)11-18/h5-9,18-20H,10-15H2,1-4H3,(H2,27,28,29)/b8-5+. The van der Waals surface area contributed by atoms with Crippen LogP contribution in [-0.2, 0) is 5.41 Å². The summed E-state index contributed by atoms with van der Waals surface area (Å²) < 4.78 is 0. The number of rotatable bonds is 5. The van der Waals surface area contributed by atoms with Gasteiger partial charge in [-0.2, -0.15) is 5.26 Å². The van der Waals surface area contributed by atoms with E-state index in [1.54, 1.807) is 0 Å². The Morgan fingerprint density at radius 1 is 1.28 bits per heavy atom. The van der Waals surface area contributed by atoms with E-state index >= 15 is 0 Å². The van der Waals surface area contributed by atoms with E-state index < -0.39 is 0 Å². The van der Waals surface area contributed by atoms with Crippen molar-refractivity contribution in [2.75, 3.05) is 11.9 Å². The van der Waals surface area contributed by atoms with Crippen LogP contribution in [0.2, 0.25) is 0 Å². The molecule has 1 aromatic rings. The van der Waals surface area contributed by atoms with Gasteiger partial charge in [0.25, 0.3) is 0 Å². The highest BCUT2D eigenvalue weighted by molar-refractivity contribution is 5.94. The van der Waals surface area contributed by atoms with Crippen LogP contribution in [0, 0.1) is 41.5 Å². The number of allylic oxidation sites excluding steroid dienone is 2. The highest BCUT2D eigenvalue weighted by Gasteiger charge is 2.57. The third-order valence-electron chi connectivity index (χ3n) is 7.65. The fraction of sp³-hybridized carbons (Fsp3) is 0.600. The topological polar surface area (TPSA) is 60.2 Å². The number of guanidine groups is 1. The quantitative estimate of drug-likeness (QED) is 0.229. The molecule has 0 saturated heterocycles. The predicted molar refractivity (Wildman–Crippen MR) is 120 cm³/mol. The van der Waals surface area contributed by atoms with E-state index in [-0.39, 0.29) is 5.41 Å². The monoisotopic (exact) mass is 390 g/mol. The van der Waals surface area contributed by atoms with Crippen molar-refractivity contribution < 1.29 is 0 Å². The maximum absolute atomic E-state index is 9.22. The van der Waals surface area contributed by atoms with E-state index in [1.165, 1.54) is 43.2 Å². The van der Waals surface area contributed by atoms with Gasteiger partial charge in [0.15, 0.2) is 6.19 Å². The van der Waals surface area contributed by atoms with Gasteiger partial charge >= 0.3 is 0 Å². The number of aliphatic imine (C=N–C) groups is 1. The van der Waals surface area contributed by atoms with Crippen molar-refractivity contribution in [2.45, 2.75) is 65.2 Å². The highest BCUT2D eigenvalue weighted by Crippen LogP contribution is 2.65. The van der Waals surface area contributed by atoms with Gasteiger partial charge in [0.1, 0.15) is 0 Å². The van der Waals surface area contributed by atoms with Crippen LogP contribution in [0.1, 0.15) is 64.0 Å². The van der Waals surface area contributed by atoms with Gasteiger partial charge < -0.3 is 5.32 Å². The smallest absolute Gasteiger partial charge is 0.209 e. The minimum atomic E-state index is -0.000845. The van der Waals surface area contributed by atoms with Crippen LogP contribution >= 0.6 is 0 Å². The molecule has 4 heteroatoms. The molecule has 2 N–H and O–H groups in total. The lowest BCUT2D eigenvalue weighted by molar-refractivity contribution is 0.210. The molecule has 4 nitrogen and oxygen atoms in total. The molecule has 2 atom stereocenters. The molecule has 4 saturated carbocycles. The van der Waals surface area contributed by atoms with Crippen LogP contribution in [-0.4, -0.2) is 12.5 Å². The summed E-state index contributed by atoms with van der Waals surface area (Å²) in [5.41, 5.74) is 3.91. The second-order valence-corrected chi connectivity index (χ2v) is 10.2. The van der Waals surface area contributed by atoms with E-state index in [1.807, 2.05) is 0 Å². The first kappa shape index (κ1) is 20.0. The molecule has 5 rings (SSSR count). The van der Waals surface area contributed by atoms with E-state index in [2.05, 4.69) is 74.9 Å². The molecular formula is C25H34N4. The van der Waals surface area contributed by atoms with Gasteiger partial charge in [-0.05, 0) is 92.4 Å². The van der Waals surface area contributed by atoms with Crippen LogP contribution in [0.25, 0.3) is 0 Å². The van der Waals surface area contributed by atoms with Crippen molar-refractivity contribution in [3.63, 3.8) is 0 Å². The van der Waals surface area contributed by atoms with Crippen molar-refractivity contribution in [2.24, 2.45) is 28.2 Å². The normalized spacial score (nSPS) is 30.7. The summed E-state index contributed by atoms with van der Waals surface area (Å²) in [6, 6.07) is 6.41. The fourth-order valence-corrected chi connectivity index (χ4v) is 6.73. The van der Waals surface area contributed by atoms with E-state index in [0.717, 1.165) is 30.0 Å². The lowest BCUT2D eigenvalue weighted by atomic mass is 9.75. The molecule has 4 fully saturated rings. The van der Waals surface area contributed by atoms with E-state index in [4.69, 9.17) is 4.99 Å². The molecule has 4 bridgehead atoms. The zero-order valence-electron chi connectivity index (χ0n) is 18.3. The first-order valence-electron chi connectivity index (χ1n) is 11.1. The van der Waals surface area contributed by atoms with Crippen LogP contribution in [0.15, 0.2) is 35.3 Å². The van der Waals surface area contributed by atoms with Crippen molar-refractivity contribution in [1.82, 2.24) is 5.32 Å². The number of nitrogens with zero attached hydrogens (tertiary/aromatic N) is 2. The molecule has 0 radical (unpaired) electrons. The van der Waals surface area contributed by atoms with Crippen LogP contribution in [0.5, 0.6) is 0 Å². The summed E-state index contributed by atoms with van der Waals surface area (Å²) in [5, 5.41) is 15.3. The van der Waals surface area contributed by atoms with Gasteiger partial charge in [0.05, 0.1) is 0 Å².